The Hall–Kier alpha value is -2.80. The van der Waals surface area contributed by atoms with Gasteiger partial charge in [-0.1, -0.05) is 35.9 Å². The third-order valence-corrected chi connectivity index (χ3v) is 3.70. The summed E-state index contributed by atoms with van der Waals surface area (Å²) in [5.41, 5.74) is 4.83. The number of para-hydroxylation sites is 1. The average Bonchev–Trinajstić information content (AvgIpc) is 2.61. The summed E-state index contributed by atoms with van der Waals surface area (Å²) in [7, 11) is 1.48. The van der Waals surface area contributed by atoms with Gasteiger partial charge in [-0.25, -0.2) is 4.99 Å². The molecule has 0 fully saturated rings. The second-order valence-corrected chi connectivity index (χ2v) is 5.61. The van der Waals surface area contributed by atoms with Crippen LogP contribution < -0.4 is 11.1 Å². The largest absolute Gasteiger partial charge is 0.430 e. The van der Waals surface area contributed by atoms with Crippen LogP contribution in [0.5, 0.6) is 0 Å². The van der Waals surface area contributed by atoms with Crippen LogP contribution >= 0.6 is 11.6 Å². The number of nitrogens with one attached hydrogen (secondary N) is 1. The lowest BCUT2D eigenvalue weighted by molar-refractivity contribution is -0.0925. The highest BCUT2D eigenvalue weighted by Gasteiger charge is 2.31. The molecule has 26 heavy (non-hydrogen) atoms. The van der Waals surface area contributed by atoms with Crippen molar-refractivity contribution < 1.29 is 18.0 Å². The van der Waals surface area contributed by atoms with Crippen LogP contribution in [0.1, 0.15) is 15.9 Å². The van der Waals surface area contributed by atoms with Crippen molar-refractivity contribution in [2.24, 2.45) is 10.7 Å². The highest BCUT2D eigenvalue weighted by molar-refractivity contribution is 6.33. The number of nitrogens with two attached hydrogens (primary N) is 1. The van der Waals surface area contributed by atoms with E-state index in [1.165, 1.54) is 31.3 Å². The van der Waals surface area contributed by atoms with Gasteiger partial charge in [-0.15, -0.1) is 0 Å². The standard InChI is InChI=1S/C18H15ClF3N3O/c1-24-17(26)12-8-6-11(7-9-12)15(10-16(23)18(20,21)22)25-14-5-3-2-4-13(14)19/h2-10H,23H2,1H3,(H,24,26). The van der Waals surface area contributed by atoms with Crippen LogP contribution in [0.3, 0.4) is 0 Å². The van der Waals surface area contributed by atoms with Gasteiger partial charge >= 0.3 is 6.18 Å². The highest BCUT2D eigenvalue weighted by atomic mass is 35.5. The van der Waals surface area contributed by atoms with Gasteiger partial charge < -0.3 is 11.1 Å². The Morgan fingerprint density at radius 1 is 1.12 bits per heavy atom. The van der Waals surface area contributed by atoms with Gasteiger partial charge in [0.25, 0.3) is 5.91 Å². The van der Waals surface area contributed by atoms with Crippen molar-refractivity contribution in [2.75, 3.05) is 7.05 Å². The molecule has 0 unspecified atom stereocenters. The smallest absolute Gasteiger partial charge is 0.395 e. The number of nitrogens with zero attached hydrogens (tertiary/aromatic N) is 1. The quantitative estimate of drug-likeness (QED) is 0.778. The Labute approximate surface area is 153 Å². The van der Waals surface area contributed by atoms with Crippen molar-refractivity contribution in [2.45, 2.75) is 6.18 Å². The second kappa shape index (κ2) is 8.05. The normalized spacial score (nSPS) is 12.8. The van der Waals surface area contributed by atoms with E-state index in [0.717, 1.165) is 6.08 Å². The van der Waals surface area contributed by atoms with Gasteiger partial charge in [0.05, 0.1) is 16.4 Å². The van der Waals surface area contributed by atoms with Crippen molar-refractivity contribution in [1.82, 2.24) is 5.32 Å². The molecule has 8 heteroatoms. The fourth-order valence-corrected chi connectivity index (χ4v) is 2.20. The van der Waals surface area contributed by atoms with Gasteiger partial charge in [0.15, 0.2) is 0 Å². The Kier molecular flexibility index (Phi) is 6.05. The SMILES string of the molecule is CNC(=O)c1ccc(C(C=C(N)C(F)(F)F)=Nc2ccccc2Cl)cc1. The molecule has 0 radical (unpaired) electrons. The average molecular weight is 382 g/mol. The molecule has 0 aliphatic rings. The number of amides is 1. The van der Waals surface area contributed by atoms with Crippen LogP contribution in [0.4, 0.5) is 18.9 Å². The second-order valence-electron chi connectivity index (χ2n) is 5.20. The molecule has 2 aromatic rings. The number of carbonyl (C=O) groups is 1. The third kappa shape index (κ3) is 4.86. The minimum Gasteiger partial charge on any atom is -0.395 e. The topological polar surface area (TPSA) is 67.5 Å². The monoisotopic (exact) mass is 381 g/mol. The van der Waals surface area contributed by atoms with Gasteiger partial charge in [-0.2, -0.15) is 13.2 Å². The van der Waals surface area contributed by atoms with Crippen LogP contribution in [0.25, 0.3) is 0 Å². The van der Waals surface area contributed by atoms with Crippen LogP contribution in [0, 0.1) is 0 Å². The minimum atomic E-state index is -4.69. The first-order valence-corrected chi connectivity index (χ1v) is 7.80. The molecule has 4 nitrogen and oxygen atoms in total. The summed E-state index contributed by atoms with van der Waals surface area (Å²) >= 11 is 6.03. The molecule has 0 spiro atoms. The van der Waals surface area contributed by atoms with Gasteiger partial charge in [-0.05, 0) is 30.3 Å². The third-order valence-electron chi connectivity index (χ3n) is 3.38. The van der Waals surface area contributed by atoms with Crippen LogP contribution in [0.15, 0.2) is 65.3 Å². The van der Waals surface area contributed by atoms with Crippen LogP contribution in [-0.4, -0.2) is 24.8 Å². The molecular formula is C18H15ClF3N3O. The maximum absolute atomic E-state index is 12.8. The molecule has 2 rings (SSSR count). The molecule has 0 heterocycles. The fourth-order valence-electron chi connectivity index (χ4n) is 2.02. The number of alkyl halides is 3. The molecule has 3 N–H and O–H groups in total. The van der Waals surface area contributed by atoms with E-state index in [9.17, 15) is 18.0 Å². The number of carbonyl (C=O) groups excluding carboxylic acids is 1. The van der Waals surface area contributed by atoms with E-state index in [1.807, 2.05) is 0 Å². The lowest BCUT2D eigenvalue weighted by atomic mass is 10.1. The molecule has 2 aromatic carbocycles. The predicted octanol–water partition coefficient (Wildman–Crippen LogP) is 4.23. The van der Waals surface area contributed by atoms with E-state index in [4.69, 9.17) is 17.3 Å². The Bertz CT molecular complexity index is 859. The Balaban J connectivity index is 2.54. The summed E-state index contributed by atoms with van der Waals surface area (Å²) < 4.78 is 38.5. The van der Waals surface area contributed by atoms with Crippen molar-refractivity contribution >= 4 is 28.9 Å². The lowest BCUT2D eigenvalue weighted by Gasteiger charge is -2.09. The van der Waals surface area contributed by atoms with Crippen molar-refractivity contribution in [3.8, 4) is 0 Å². The molecule has 136 valence electrons. The molecular weight excluding hydrogens is 367 g/mol. The summed E-state index contributed by atoms with van der Waals surface area (Å²) in [6.45, 7) is 0. The predicted molar refractivity (Wildman–Crippen MR) is 95.8 cm³/mol. The maximum Gasteiger partial charge on any atom is 0.430 e. The highest BCUT2D eigenvalue weighted by Crippen LogP contribution is 2.27. The molecule has 0 saturated carbocycles. The van der Waals surface area contributed by atoms with Crippen LogP contribution in [-0.2, 0) is 0 Å². The zero-order valence-corrected chi connectivity index (χ0v) is 14.4. The van der Waals surface area contributed by atoms with E-state index in [-0.39, 0.29) is 16.6 Å². The van der Waals surface area contributed by atoms with Crippen molar-refractivity contribution in [1.29, 1.82) is 0 Å². The Morgan fingerprint density at radius 3 is 2.23 bits per heavy atom. The van der Waals surface area contributed by atoms with E-state index in [0.29, 0.717) is 16.8 Å². The van der Waals surface area contributed by atoms with Crippen molar-refractivity contribution in [3.05, 3.63) is 76.5 Å². The van der Waals surface area contributed by atoms with E-state index >= 15 is 0 Å². The number of aliphatic imine (C=N–C) groups is 1. The number of allylic oxidation sites excluding steroid dienone is 2. The van der Waals surface area contributed by atoms with Gasteiger partial charge in [0.1, 0.15) is 5.70 Å². The van der Waals surface area contributed by atoms with Crippen LogP contribution in [0.2, 0.25) is 5.02 Å². The van der Waals surface area contributed by atoms with Crippen molar-refractivity contribution in [3.63, 3.8) is 0 Å². The number of hydrogen-bond acceptors (Lipinski definition) is 3. The zero-order chi connectivity index (χ0) is 19.3. The zero-order valence-electron chi connectivity index (χ0n) is 13.6. The van der Waals surface area contributed by atoms with Gasteiger partial charge in [0.2, 0.25) is 0 Å². The van der Waals surface area contributed by atoms with E-state index in [2.05, 4.69) is 10.3 Å². The molecule has 0 saturated heterocycles. The summed E-state index contributed by atoms with van der Waals surface area (Å²) in [6, 6.07) is 12.4. The molecule has 0 aliphatic carbocycles. The summed E-state index contributed by atoms with van der Waals surface area (Å²) in [6.07, 6.45) is -3.96. The first-order chi connectivity index (χ1) is 12.2. The Morgan fingerprint density at radius 2 is 1.69 bits per heavy atom. The summed E-state index contributed by atoms with van der Waals surface area (Å²) in [5, 5.41) is 2.75. The molecule has 0 aromatic heterocycles. The van der Waals surface area contributed by atoms with Gasteiger partial charge in [-0.3, -0.25) is 4.79 Å². The number of benzene rings is 2. The molecule has 0 bridgehead atoms. The van der Waals surface area contributed by atoms with E-state index < -0.39 is 11.9 Å². The molecule has 0 atom stereocenters. The number of hydrogen-bond donors (Lipinski definition) is 2. The number of halogens is 4. The number of rotatable bonds is 4. The first-order valence-electron chi connectivity index (χ1n) is 7.42. The molecule has 0 aliphatic heterocycles. The first kappa shape index (κ1) is 19.5. The summed E-state index contributed by atoms with van der Waals surface area (Å²) in [5.74, 6) is -0.313. The lowest BCUT2D eigenvalue weighted by Crippen LogP contribution is -2.21. The maximum atomic E-state index is 12.8. The van der Waals surface area contributed by atoms with E-state index in [1.54, 1.807) is 24.3 Å². The summed E-state index contributed by atoms with van der Waals surface area (Å²) in [4.78, 5) is 15.8. The fraction of sp³-hybridized carbons (Fsp3) is 0.111. The minimum absolute atomic E-state index is 0.0311. The molecule has 1 amide bonds. The van der Waals surface area contributed by atoms with Gasteiger partial charge in [0, 0.05) is 18.2 Å².